The molecule has 0 spiro atoms. The smallest absolute Gasteiger partial charge is 0.358 e. The molecule has 19 heavy (non-hydrogen) atoms. The monoisotopic (exact) mass is 323 g/mol. The normalized spacial score (nSPS) is 10.9. The minimum Gasteiger partial charge on any atom is -0.476 e. The van der Waals surface area contributed by atoms with Crippen molar-refractivity contribution in [2.75, 3.05) is 0 Å². The summed E-state index contributed by atoms with van der Waals surface area (Å²) in [4.78, 5) is 11.1. The Kier molecular flexibility index (Phi) is 3.99. The molecule has 1 aromatic carbocycles. The number of rotatable bonds is 4. The molecule has 2 rings (SSSR count). The molecule has 0 aliphatic heterocycles. The van der Waals surface area contributed by atoms with Crippen LogP contribution in [0.25, 0.3) is 0 Å². The van der Waals surface area contributed by atoms with Crippen molar-refractivity contribution in [3.05, 3.63) is 45.7 Å². The molecular weight excluding hydrogens is 310 g/mol. The van der Waals surface area contributed by atoms with Crippen molar-refractivity contribution >= 4 is 21.9 Å². The molecule has 0 aliphatic rings. The van der Waals surface area contributed by atoms with Gasteiger partial charge in [-0.1, -0.05) is 47.1 Å². The highest BCUT2D eigenvalue weighted by Gasteiger charge is 2.21. The maximum Gasteiger partial charge on any atom is 0.358 e. The largest absolute Gasteiger partial charge is 0.476 e. The van der Waals surface area contributed by atoms with Crippen LogP contribution in [0.4, 0.5) is 0 Å². The summed E-state index contributed by atoms with van der Waals surface area (Å²) in [5.41, 5.74) is 1.73. The van der Waals surface area contributed by atoms with Gasteiger partial charge in [0.05, 0.1) is 12.2 Å². The Bertz CT molecular complexity index is 590. The van der Waals surface area contributed by atoms with Gasteiger partial charge >= 0.3 is 5.97 Å². The first-order valence-electron chi connectivity index (χ1n) is 5.90. The average Bonchev–Trinajstić information content (AvgIpc) is 2.76. The van der Waals surface area contributed by atoms with E-state index in [4.69, 9.17) is 5.11 Å². The van der Waals surface area contributed by atoms with E-state index in [1.54, 1.807) is 4.68 Å². The topological polar surface area (TPSA) is 68.0 Å². The van der Waals surface area contributed by atoms with E-state index in [9.17, 15) is 4.79 Å². The first-order valence-corrected chi connectivity index (χ1v) is 6.69. The molecule has 0 radical (unpaired) electrons. The lowest BCUT2D eigenvalue weighted by molar-refractivity contribution is 0.0688. The van der Waals surface area contributed by atoms with Gasteiger partial charge < -0.3 is 5.11 Å². The van der Waals surface area contributed by atoms with Crippen LogP contribution in [-0.2, 0) is 6.54 Å². The number of hydrogen-bond donors (Lipinski definition) is 1. The third-order valence-corrected chi connectivity index (χ3v) is 3.30. The van der Waals surface area contributed by atoms with Crippen LogP contribution in [0.15, 0.2) is 28.7 Å². The molecule has 0 aliphatic carbocycles. The maximum atomic E-state index is 11.1. The minimum absolute atomic E-state index is 0.0344. The summed E-state index contributed by atoms with van der Waals surface area (Å²) in [6, 6.07) is 7.82. The zero-order valence-corrected chi connectivity index (χ0v) is 12.3. The van der Waals surface area contributed by atoms with E-state index < -0.39 is 5.97 Å². The van der Waals surface area contributed by atoms with Gasteiger partial charge in [0.15, 0.2) is 5.69 Å². The first-order chi connectivity index (χ1) is 8.99. The second-order valence-electron chi connectivity index (χ2n) is 4.57. The number of aromatic carboxylic acids is 1. The summed E-state index contributed by atoms with van der Waals surface area (Å²) >= 11 is 3.38. The van der Waals surface area contributed by atoms with Crippen molar-refractivity contribution < 1.29 is 9.90 Å². The van der Waals surface area contributed by atoms with Gasteiger partial charge in [-0.05, 0) is 23.6 Å². The predicted octanol–water partition coefficient (Wildman–Crippen LogP) is 2.91. The zero-order chi connectivity index (χ0) is 14.0. The number of halogens is 1. The van der Waals surface area contributed by atoms with Gasteiger partial charge in [0, 0.05) is 4.47 Å². The van der Waals surface area contributed by atoms with Gasteiger partial charge in [-0.2, -0.15) is 0 Å². The van der Waals surface area contributed by atoms with Crippen LogP contribution in [0.2, 0.25) is 0 Å². The Morgan fingerprint density at radius 1 is 1.37 bits per heavy atom. The highest BCUT2D eigenvalue weighted by molar-refractivity contribution is 9.10. The highest BCUT2D eigenvalue weighted by Crippen LogP contribution is 2.19. The fraction of sp³-hybridized carbons (Fsp3) is 0.308. The van der Waals surface area contributed by atoms with Crippen LogP contribution in [0.5, 0.6) is 0 Å². The molecule has 0 saturated carbocycles. The Balaban J connectivity index is 2.35. The number of aromatic nitrogens is 3. The van der Waals surface area contributed by atoms with Crippen LogP contribution in [0, 0.1) is 0 Å². The second-order valence-corrected chi connectivity index (χ2v) is 5.48. The average molecular weight is 324 g/mol. The van der Waals surface area contributed by atoms with Crippen LogP contribution in [0.1, 0.15) is 41.5 Å². The van der Waals surface area contributed by atoms with E-state index in [1.165, 1.54) is 0 Å². The number of carboxylic acids is 1. The molecule has 0 bridgehead atoms. The molecule has 0 amide bonds. The Hall–Kier alpha value is -1.69. The SMILES string of the molecule is CC(C)c1c(C(=O)O)nnn1Cc1ccc(Br)cc1. The van der Waals surface area contributed by atoms with Crippen molar-refractivity contribution in [3.63, 3.8) is 0 Å². The van der Waals surface area contributed by atoms with Gasteiger partial charge in [0.25, 0.3) is 0 Å². The maximum absolute atomic E-state index is 11.1. The first kappa shape index (κ1) is 13.7. The van der Waals surface area contributed by atoms with Crippen molar-refractivity contribution in [1.29, 1.82) is 0 Å². The van der Waals surface area contributed by atoms with Crippen LogP contribution in [-0.4, -0.2) is 26.1 Å². The molecule has 1 N–H and O–H groups in total. The van der Waals surface area contributed by atoms with Gasteiger partial charge in [-0.15, -0.1) is 5.10 Å². The molecule has 1 aromatic heterocycles. The summed E-state index contributed by atoms with van der Waals surface area (Å²) in [6.07, 6.45) is 0. The number of benzene rings is 1. The van der Waals surface area contributed by atoms with E-state index in [2.05, 4.69) is 26.2 Å². The third kappa shape index (κ3) is 3.01. The molecule has 6 heteroatoms. The molecule has 100 valence electrons. The quantitative estimate of drug-likeness (QED) is 0.939. The number of hydrogen-bond acceptors (Lipinski definition) is 3. The molecule has 1 heterocycles. The Morgan fingerprint density at radius 3 is 2.53 bits per heavy atom. The predicted molar refractivity (Wildman–Crippen MR) is 74.3 cm³/mol. The molecule has 0 saturated heterocycles. The van der Waals surface area contributed by atoms with E-state index in [-0.39, 0.29) is 11.6 Å². The number of nitrogens with zero attached hydrogens (tertiary/aromatic N) is 3. The standard InChI is InChI=1S/C13H14BrN3O2/c1-8(2)12-11(13(18)19)15-16-17(12)7-9-3-5-10(14)6-4-9/h3-6,8H,7H2,1-2H3,(H,18,19). The van der Waals surface area contributed by atoms with Gasteiger partial charge in [-0.3, -0.25) is 0 Å². The number of carbonyl (C=O) groups is 1. The molecule has 5 nitrogen and oxygen atoms in total. The molecule has 0 atom stereocenters. The zero-order valence-electron chi connectivity index (χ0n) is 10.7. The van der Waals surface area contributed by atoms with Gasteiger partial charge in [-0.25, -0.2) is 9.48 Å². The Labute approximate surface area is 119 Å². The molecule has 0 unspecified atom stereocenters. The van der Waals surface area contributed by atoms with Gasteiger partial charge in [0.1, 0.15) is 0 Å². The molecule has 0 fully saturated rings. The summed E-state index contributed by atoms with van der Waals surface area (Å²) in [5.74, 6) is -0.984. The third-order valence-electron chi connectivity index (χ3n) is 2.77. The summed E-state index contributed by atoms with van der Waals surface area (Å²) in [6.45, 7) is 4.38. The van der Waals surface area contributed by atoms with Crippen LogP contribution < -0.4 is 0 Å². The van der Waals surface area contributed by atoms with Crippen molar-refractivity contribution in [2.24, 2.45) is 0 Å². The van der Waals surface area contributed by atoms with Crippen LogP contribution in [0.3, 0.4) is 0 Å². The molecule has 2 aromatic rings. The summed E-state index contributed by atoms with van der Waals surface area (Å²) < 4.78 is 2.65. The van der Waals surface area contributed by atoms with E-state index in [1.807, 2.05) is 38.1 Å². The lowest BCUT2D eigenvalue weighted by atomic mass is 10.1. The second kappa shape index (κ2) is 5.52. The summed E-state index contributed by atoms with van der Waals surface area (Å²) in [7, 11) is 0. The lowest BCUT2D eigenvalue weighted by Gasteiger charge is -2.10. The van der Waals surface area contributed by atoms with Crippen LogP contribution >= 0.6 is 15.9 Å². The minimum atomic E-state index is -1.04. The number of carboxylic acid groups (broad SMARTS) is 1. The fourth-order valence-corrected chi connectivity index (χ4v) is 2.19. The summed E-state index contributed by atoms with van der Waals surface area (Å²) in [5, 5.41) is 16.8. The lowest BCUT2D eigenvalue weighted by Crippen LogP contribution is -2.10. The fourth-order valence-electron chi connectivity index (χ4n) is 1.92. The van der Waals surface area contributed by atoms with Gasteiger partial charge in [0.2, 0.25) is 0 Å². The van der Waals surface area contributed by atoms with Crippen molar-refractivity contribution in [1.82, 2.24) is 15.0 Å². The van der Waals surface area contributed by atoms with E-state index >= 15 is 0 Å². The van der Waals surface area contributed by atoms with E-state index in [0.29, 0.717) is 12.2 Å². The van der Waals surface area contributed by atoms with Crippen molar-refractivity contribution in [3.8, 4) is 0 Å². The Morgan fingerprint density at radius 2 is 2.00 bits per heavy atom. The van der Waals surface area contributed by atoms with Crippen molar-refractivity contribution in [2.45, 2.75) is 26.3 Å². The molecular formula is C13H14BrN3O2. The highest BCUT2D eigenvalue weighted by atomic mass is 79.9. The van der Waals surface area contributed by atoms with E-state index in [0.717, 1.165) is 10.0 Å².